The lowest BCUT2D eigenvalue weighted by molar-refractivity contribution is 0.462. The first-order valence-electron chi connectivity index (χ1n) is 5.96. The van der Waals surface area contributed by atoms with E-state index in [0.29, 0.717) is 11.7 Å². The number of nitrogens with one attached hydrogen (secondary N) is 1. The molecule has 1 aromatic heterocycles. The highest BCUT2D eigenvalue weighted by atomic mass is 16.3. The number of aromatic nitrogens is 2. The lowest BCUT2D eigenvalue weighted by Crippen LogP contribution is -1.92. The minimum Gasteiger partial charge on any atom is -0.508 e. The Balaban J connectivity index is 2.41. The van der Waals surface area contributed by atoms with Gasteiger partial charge in [-0.3, -0.25) is 5.10 Å². The van der Waals surface area contributed by atoms with Crippen LogP contribution in [0.15, 0.2) is 24.4 Å². The number of phenols is 1. The number of aromatic hydroxyl groups is 1. The highest BCUT2D eigenvalue weighted by Gasteiger charge is 2.11. The van der Waals surface area contributed by atoms with Crippen LogP contribution in [0.5, 0.6) is 5.75 Å². The van der Waals surface area contributed by atoms with Crippen LogP contribution in [0.1, 0.15) is 37.4 Å². The first kappa shape index (κ1) is 11.7. The Morgan fingerprint density at radius 1 is 1.41 bits per heavy atom. The Bertz CT molecular complexity index is 517. The lowest BCUT2D eigenvalue weighted by atomic mass is 9.95. The molecule has 0 aliphatic carbocycles. The van der Waals surface area contributed by atoms with Crippen molar-refractivity contribution in [2.24, 2.45) is 0 Å². The minimum absolute atomic E-state index is 0.373. The van der Waals surface area contributed by atoms with Gasteiger partial charge in [0.25, 0.3) is 0 Å². The third-order valence-electron chi connectivity index (χ3n) is 3.31. The van der Waals surface area contributed by atoms with Crippen molar-refractivity contribution >= 4 is 0 Å². The maximum absolute atomic E-state index is 10.1. The molecule has 3 heteroatoms. The number of hydrogen-bond donors (Lipinski definition) is 2. The zero-order chi connectivity index (χ0) is 12.4. The van der Waals surface area contributed by atoms with E-state index >= 15 is 0 Å². The molecule has 0 bridgehead atoms. The second-order valence-corrected chi connectivity index (χ2v) is 4.49. The molecule has 1 unspecified atom stereocenters. The summed E-state index contributed by atoms with van der Waals surface area (Å²) in [5.74, 6) is 0.756. The Hall–Kier alpha value is -1.77. The summed E-state index contributed by atoms with van der Waals surface area (Å²) in [7, 11) is 0. The van der Waals surface area contributed by atoms with Gasteiger partial charge in [0, 0.05) is 11.3 Å². The molecule has 0 aliphatic heterocycles. The van der Waals surface area contributed by atoms with E-state index in [4.69, 9.17) is 0 Å². The van der Waals surface area contributed by atoms with Gasteiger partial charge in [-0.15, -0.1) is 0 Å². The maximum Gasteiger partial charge on any atom is 0.119 e. The maximum atomic E-state index is 10.1. The molecule has 1 aromatic carbocycles. The minimum atomic E-state index is 0.373. The van der Waals surface area contributed by atoms with Crippen LogP contribution >= 0.6 is 0 Å². The summed E-state index contributed by atoms with van der Waals surface area (Å²) in [6, 6.07) is 5.86. The summed E-state index contributed by atoms with van der Waals surface area (Å²) < 4.78 is 0. The van der Waals surface area contributed by atoms with E-state index in [1.54, 1.807) is 6.20 Å². The second kappa shape index (κ2) is 4.62. The average molecular weight is 230 g/mol. The number of benzene rings is 1. The number of H-pyrrole nitrogens is 1. The summed E-state index contributed by atoms with van der Waals surface area (Å²) in [6.45, 7) is 6.22. The van der Waals surface area contributed by atoms with Crippen LogP contribution < -0.4 is 0 Å². The zero-order valence-electron chi connectivity index (χ0n) is 10.5. The summed E-state index contributed by atoms with van der Waals surface area (Å²) >= 11 is 0. The molecule has 0 aliphatic rings. The van der Waals surface area contributed by atoms with Crippen molar-refractivity contribution in [1.82, 2.24) is 10.2 Å². The van der Waals surface area contributed by atoms with Gasteiger partial charge in [-0.25, -0.2) is 0 Å². The first-order valence-corrected chi connectivity index (χ1v) is 5.96. The summed E-state index contributed by atoms with van der Waals surface area (Å²) in [4.78, 5) is 0. The number of aromatic amines is 1. The van der Waals surface area contributed by atoms with Gasteiger partial charge < -0.3 is 5.11 Å². The molecule has 0 spiro atoms. The van der Waals surface area contributed by atoms with Crippen molar-refractivity contribution < 1.29 is 5.11 Å². The predicted molar refractivity (Wildman–Crippen MR) is 69.1 cm³/mol. The molecule has 2 rings (SSSR count). The third-order valence-corrected chi connectivity index (χ3v) is 3.31. The molecular formula is C14H18N2O. The SMILES string of the molecule is CCC(C)c1ccc(-c2cn[nH]c2C)cc1O. The van der Waals surface area contributed by atoms with Crippen LogP contribution in [0, 0.1) is 6.92 Å². The molecule has 3 nitrogen and oxygen atoms in total. The molecule has 0 amide bonds. The molecule has 0 saturated heterocycles. The number of nitrogens with zero attached hydrogens (tertiary/aromatic N) is 1. The van der Waals surface area contributed by atoms with Crippen molar-refractivity contribution in [2.45, 2.75) is 33.1 Å². The summed E-state index contributed by atoms with van der Waals surface area (Å²) in [5, 5.41) is 17.0. The van der Waals surface area contributed by atoms with Gasteiger partial charge in [-0.2, -0.15) is 5.10 Å². The number of hydrogen-bond acceptors (Lipinski definition) is 2. The highest BCUT2D eigenvalue weighted by Crippen LogP contribution is 2.32. The fraction of sp³-hybridized carbons (Fsp3) is 0.357. The van der Waals surface area contributed by atoms with Gasteiger partial charge in [0.2, 0.25) is 0 Å². The quantitative estimate of drug-likeness (QED) is 0.846. The van der Waals surface area contributed by atoms with Crippen molar-refractivity contribution in [3.05, 3.63) is 35.7 Å². The van der Waals surface area contributed by atoms with E-state index in [9.17, 15) is 5.11 Å². The normalized spacial score (nSPS) is 12.6. The standard InChI is InChI=1S/C14H18N2O/c1-4-9(2)12-6-5-11(7-14(12)17)13-8-15-16-10(13)3/h5-9,17H,4H2,1-3H3,(H,15,16). The van der Waals surface area contributed by atoms with Crippen LogP contribution in [0.2, 0.25) is 0 Å². The number of rotatable bonds is 3. The predicted octanol–water partition coefficient (Wildman–Crippen LogP) is 3.60. The van der Waals surface area contributed by atoms with E-state index < -0.39 is 0 Å². The second-order valence-electron chi connectivity index (χ2n) is 4.49. The van der Waals surface area contributed by atoms with E-state index in [2.05, 4.69) is 24.0 Å². The Labute approximate surface area is 102 Å². The van der Waals surface area contributed by atoms with Gasteiger partial charge >= 0.3 is 0 Å². The molecular weight excluding hydrogens is 212 g/mol. The molecule has 2 N–H and O–H groups in total. The molecule has 90 valence electrons. The smallest absolute Gasteiger partial charge is 0.119 e. The first-order chi connectivity index (χ1) is 8.13. The van der Waals surface area contributed by atoms with Crippen LogP contribution in [-0.2, 0) is 0 Å². The van der Waals surface area contributed by atoms with Gasteiger partial charge in [0.15, 0.2) is 0 Å². The van der Waals surface area contributed by atoms with E-state index in [1.165, 1.54) is 0 Å². The molecule has 1 atom stereocenters. The Kier molecular flexibility index (Phi) is 3.18. The van der Waals surface area contributed by atoms with Crippen molar-refractivity contribution in [1.29, 1.82) is 0 Å². The van der Waals surface area contributed by atoms with Gasteiger partial charge in [0.05, 0.1) is 6.20 Å². The van der Waals surface area contributed by atoms with E-state index in [-0.39, 0.29) is 0 Å². The van der Waals surface area contributed by atoms with Crippen LogP contribution in [0.4, 0.5) is 0 Å². The molecule has 0 saturated carbocycles. The number of phenolic OH excluding ortho intramolecular Hbond substituents is 1. The van der Waals surface area contributed by atoms with Crippen LogP contribution in [0.3, 0.4) is 0 Å². The fourth-order valence-corrected chi connectivity index (χ4v) is 1.99. The summed E-state index contributed by atoms with van der Waals surface area (Å²) in [5.41, 5.74) is 4.06. The third kappa shape index (κ3) is 2.18. The Morgan fingerprint density at radius 2 is 2.18 bits per heavy atom. The van der Waals surface area contributed by atoms with Crippen molar-refractivity contribution in [2.75, 3.05) is 0 Å². The monoisotopic (exact) mass is 230 g/mol. The molecule has 0 radical (unpaired) electrons. The van der Waals surface area contributed by atoms with Gasteiger partial charge in [0.1, 0.15) is 5.75 Å². The molecule has 0 fully saturated rings. The Morgan fingerprint density at radius 3 is 2.71 bits per heavy atom. The molecule has 17 heavy (non-hydrogen) atoms. The number of aryl methyl sites for hydroxylation is 1. The van der Waals surface area contributed by atoms with E-state index in [0.717, 1.165) is 28.8 Å². The topological polar surface area (TPSA) is 48.9 Å². The van der Waals surface area contributed by atoms with E-state index in [1.807, 2.05) is 25.1 Å². The van der Waals surface area contributed by atoms with Crippen LogP contribution in [0.25, 0.3) is 11.1 Å². The van der Waals surface area contributed by atoms with Crippen molar-refractivity contribution in [3.8, 4) is 16.9 Å². The highest BCUT2D eigenvalue weighted by molar-refractivity contribution is 5.67. The fourth-order valence-electron chi connectivity index (χ4n) is 1.99. The van der Waals surface area contributed by atoms with Crippen molar-refractivity contribution in [3.63, 3.8) is 0 Å². The van der Waals surface area contributed by atoms with Crippen LogP contribution in [-0.4, -0.2) is 15.3 Å². The molecule has 2 aromatic rings. The average Bonchev–Trinajstić information content (AvgIpc) is 2.74. The zero-order valence-corrected chi connectivity index (χ0v) is 10.5. The van der Waals surface area contributed by atoms with Gasteiger partial charge in [-0.1, -0.05) is 26.0 Å². The summed E-state index contributed by atoms with van der Waals surface area (Å²) in [6.07, 6.45) is 2.81. The largest absolute Gasteiger partial charge is 0.508 e. The molecule has 1 heterocycles. The van der Waals surface area contributed by atoms with Gasteiger partial charge in [-0.05, 0) is 36.5 Å². The lowest BCUT2D eigenvalue weighted by Gasteiger charge is -2.12.